The van der Waals surface area contributed by atoms with Crippen LogP contribution in [0, 0.1) is 0 Å². The van der Waals surface area contributed by atoms with Crippen molar-refractivity contribution in [2.75, 3.05) is 20.8 Å². The molecule has 0 aliphatic carbocycles. The standard InChI is InChI=1S/C11H16O8S/c1-18-8-3-6(4-9(19-2)10(8)14)11(7(13)5-12)20(15,16)17/h3-4,7,11-14H,5H2,1-2H3,(H,15,16,17). The van der Waals surface area contributed by atoms with Gasteiger partial charge in [0.05, 0.1) is 20.8 Å². The van der Waals surface area contributed by atoms with Crippen LogP contribution < -0.4 is 9.47 Å². The van der Waals surface area contributed by atoms with Crippen molar-refractivity contribution in [2.45, 2.75) is 11.4 Å². The molecular weight excluding hydrogens is 292 g/mol. The minimum absolute atomic E-state index is 0.0967. The van der Waals surface area contributed by atoms with E-state index in [1.54, 1.807) is 0 Å². The summed E-state index contributed by atoms with van der Waals surface area (Å²) in [7, 11) is -2.22. The molecule has 0 saturated carbocycles. The third kappa shape index (κ3) is 3.31. The van der Waals surface area contributed by atoms with Gasteiger partial charge >= 0.3 is 0 Å². The van der Waals surface area contributed by atoms with E-state index in [4.69, 9.17) is 14.6 Å². The fourth-order valence-corrected chi connectivity index (χ4v) is 2.73. The third-order valence-electron chi connectivity index (χ3n) is 2.69. The quantitative estimate of drug-likeness (QED) is 0.526. The zero-order valence-electron chi connectivity index (χ0n) is 10.8. The fourth-order valence-electron chi connectivity index (χ4n) is 1.77. The zero-order chi connectivity index (χ0) is 15.5. The average Bonchev–Trinajstić information content (AvgIpc) is 2.38. The van der Waals surface area contributed by atoms with Gasteiger partial charge in [-0.05, 0) is 17.7 Å². The number of phenolic OH excluding ortho intramolecular Hbond substituents is 1. The van der Waals surface area contributed by atoms with Gasteiger partial charge in [-0.3, -0.25) is 4.55 Å². The van der Waals surface area contributed by atoms with E-state index in [0.717, 1.165) is 12.1 Å². The van der Waals surface area contributed by atoms with Crippen LogP contribution in [-0.2, 0) is 10.1 Å². The van der Waals surface area contributed by atoms with E-state index in [1.807, 2.05) is 0 Å². The van der Waals surface area contributed by atoms with Crippen LogP contribution in [0.15, 0.2) is 12.1 Å². The van der Waals surface area contributed by atoms with Gasteiger partial charge in [-0.25, -0.2) is 0 Å². The molecule has 0 spiro atoms. The third-order valence-corrected chi connectivity index (χ3v) is 3.92. The Hall–Kier alpha value is -1.55. The Labute approximate surface area is 115 Å². The van der Waals surface area contributed by atoms with E-state index < -0.39 is 28.1 Å². The second-order valence-corrected chi connectivity index (χ2v) is 5.50. The predicted octanol–water partition coefficient (Wildman–Crippen LogP) is -0.309. The number of phenols is 1. The van der Waals surface area contributed by atoms with Gasteiger partial charge in [0, 0.05) is 0 Å². The molecule has 20 heavy (non-hydrogen) atoms. The second-order valence-electron chi connectivity index (χ2n) is 3.96. The molecule has 0 radical (unpaired) electrons. The molecule has 114 valence electrons. The van der Waals surface area contributed by atoms with Gasteiger partial charge in [-0.1, -0.05) is 0 Å². The molecule has 0 aromatic heterocycles. The molecule has 0 aliphatic rings. The lowest BCUT2D eigenvalue weighted by Crippen LogP contribution is -2.29. The number of hydrogen-bond acceptors (Lipinski definition) is 7. The first-order chi connectivity index (χ1) is 9.26. The van der Waals surface area contributed by atoms with Crippen LogP contribution in [0.3, 0.4) is 0 Å². The highest BCUT2D eigenvalue weighted by Crippen LogP contribution is 2.40. The van der Waals surface area contributed by atoms with Crippen molar-refractivity contribution < 1.29 is 37.8 Å². The molecule has 0 heterocycles. The molecule has 0 amide bonds. The summed E-state index contributed by atoms with van der Waals surface area (Å²) in [6.45, 7) is -0.879. The lowest BCUT2D eigenvalue weighted by molar-refractivity contribution is 0.0888. The Balaban J connectivity index is 3.49. The van der Waals surface area contributed by atoms with E-state index in [0.29, 0.717) is 0 Å². The molecule has 0 aliphatic heterocycles. The minimum atomic E-state index is -4.69. The van der Waals surface area contributed by atoms with Gasteiger partial charge in [-0.15, -0.1) is 0 Å². The highest BCUT2D eigenvalue weighted by Gasteiger charge is 2.34. The topological polar surface area (TPSA) is 134 Å². The molecule has 1 aromatic rings. The van der Waals surface area contributed by atoms with Crippen LogP contribution in [-0.4, -0.2) is 55.2 Å². The lowest BCUT2D eigenvalue weighted by Gasteiger charge is -2.20. The first kappa shape index (κ1) is 16.5. The van der Waals surface area contributed by atoms with Gasteiger partial charge in [-0.2, -0.15) is 8.42 Å². The van der Waals surface area contributed by atoms with Crippen molar-refractivity contribution in [3.05, 3.63) is 17.7 Å². The summed E-state index contributed by atoms with van der Waals surface area (Å²) < 4.78 is 41.6. The Kier molecular flexibility index (Phi) is 5.17. The molecule has 9 heteroatoms. The van der Waals surface area contributed by atoms with Crippen LogP contribution in [0.4, 0.5) is 0 Å². The maximum absolute atomic E-state index is 11.4. The number of aromatic hydroxyl groups is 1. The monoisotopic (exact) mass is 308 g/mol. The number of rotatable bonds is 6. The molecule has 2 unspecified atom stereocenters. The first-order valence-corrected chi connectivity index (χ1v) is 6.96. The highest BCUT2D eigenvalue weighted by molar-refractivity contribution is 7.86. The number of ether oxygens (including phenoxy) is 2. The van der Waals surface area contributed by atoms with Crippen molar-refractivity contribution in [3.63, 3.8) is 0 Å². The Morgan fingerprint density at radius 3 is 1.95 bits per heavy atom. The van der Waals surface area contributed by atoms with Crippen LogP contribution in [0.2, 0.25) is 0 Å². The minimum Gasteiger partial charge on any atom is -0.502 e. The second kappa shape index (κ2) is 6.27. The molecule has 1 aromatic carbocycles. The van der Waals surface area contributed by atoms with Gasteiger partial charge in [0.2, 0.25) is 5.75 Å². The molecule has 2 atom stereocenters. The van der Waals surface area contributed by atoms with Crippen LogP contribution in [0.5, 0.6) is 17.2 Å². The molecule has 4 N–H and O–H groups in total. The SMILES string of the molecule is COc1cc(C(C(O)CO)S(=O)(=O)O)cc(OC)c1O. The van der Waals surface area contributed by atoms with E-state index in [9.17, 15) is 23.2 Å². The normalized spacial score (nSPS) is 14.7. The van der Waals surface area contributed by atoms with Crippen molar-refractivity contribution >= 4 is 10.1 Å². The lowest BCUT2D eigenvalue weighted by atomic mass is 10.1. The first-order valence-electron chi connectivity index (χ1n) is 5.46. The Bertz CT molecular complexity index is 543. The smallest absolute Gasteiger partial charge is 0.274 e. The van der Waals surface area contributed by atoms with Crippen LogP contribution in [0.25, 0.3) is 0 Å². The zero-order valence-corrected chi connectivity index (χ0v) is 11.7. The maximum Gasteiger partial charge on any atom is 0.274 e. The van der Waals surface area contributed by atoms with Crippen molar-refractivity contribution in [1.82, 2.24) is 0 Å². The number of benzene rings is 1. The highest BCUT2D eigenvalue weighted by atomic mass is 32.2. The van der Waals surface area contributed by atoms with E-state index >= 15 is 0 Å². The molecule has 8 nitrogen and oxygen atoms in total. The number of hydrogen-bond donors (Lipinski definition) is 4. The molecule has 0 fully saturated rings. The summed E-state index contributed by atoms with van der Waals surface area (Å²) in [5, 5.41) is 26.4. The maximum atomic E-state index is 11.4. The summed E-state index contributed by atoms with van der Waals surface area (Å²) in [5.74, 6) is -0.553. The molecular formula is C11H16O8S. The molecule has 0 bridgehead atoms. The average molecular weight is 308 g/mol. The van der Waals surface area contributed by atoms with Crippen molar-refractivity contribution in [1.29, 1.82) is 0 Å². The summed E-state index contributed by atoms with van der Waals surface area (Å²) in [6, 6.07) is 2.24. The molecule has 1 rings (SSSR count). The van der Waals surface area contributed by atoms with Crippen molar-refractivity contribution in [3.8, 4) is 17.2 Å². The van der Waals surface area contributed by atoms with Gasteiger partial charge in [0.15, 0.2) is 11.5 Å². The molecule has 0 saturated heterocycles. The van der Waals surface area contributed by atoms with E-state index in [-0.39, 0.29) is 22.8 Å². The number of aliphatic hydroxyl groups excluding tert-OH is 2. The summed E-state index contributed by atoms with van der Waals surface area (Å²) in [6.07, 6.45) is -1.75. The van der Waals surface area contributed by atoms with Crippen molar-refractivity contribution in [2.24, 2.45) is 0 Å². The van der Waals surface area contributed by atoms with Gasteiger partial charge < -0.3 is 24.8 Å². The van der Waals surface area contributed by atoms with Gasteiger partial charge in [0.1, 0.15) is 11.4 Å². The number of aliphatic hydroxyl groups is 2. The summed E-state index contributed by atoms with van der Waals surface area (Å²) in [4.78, 5) is 0. The summed E-state index contributed by atoms with van der Waals surface area (Å²) in [5.41, 5.74) is -0.0967. The number of methoxy groups -OCH3 is 2. The largest absolute Gasteiger partial charge is 0.502 e. The van der Waals surface area contributed by atoms with Crippen LogP contribution >= 0.6 is 0 Å². The Morgan fingerprint density at radius 1 is 1.20 bits per heavy atom. The Morgan fingerprint density at radius 2 is 1.65 bits per heavy atom. The van der Waals surface area contributed by atoms with E-state index in [2.05, 4.69) is 0 Å². The van der Waals surface area contributed by atoms with Gasteiger partial charge in [0.25, 0.3) is 10.1 Å². The fraction of sp³-hybridized carbons (Fsp3) is 0.455. The summed E-state index contributed by atoms with van der Waals surface area (Å²) >= 11 is 0. The van der Waals surface area contributed by atoms with E-state index in [1.165, 1.54) is 14.2 Å². The van der Waals surface area contributed by atoms with Crippen LogP contribution in [0.1, 0.15) is 10.8 Å². The predicted molar refractivity (Wildman–Crippen MR) is 68.6 cm³/mol.